The molecule has 1 aromatic carbocycles. The summed E-state index contributed by atoms with van der Waals surface area (Å²) >= 11 is 1.28. The first kappa shape index (κ1) is 20.1. The molecular formula is C19H16F4N2O2S. The van der Waals surface area contributed by atoms with Crippen LogP contribution in [0, 0.1) is 34.6 Å². The van der Waals surface area contributed by atoms with E-state index in [1.165, 1.54) is 18.3 Å². The van der Waals surface area contributed by atoms with Crippen molar-refractivity contribution in [2.24, 2.45) is 0 Å². The Bertz CT molecular complexity index is 942. The van der Waals surface area contributed by atoms with Gasteiger partial charge in [0.25, 0.3) is 5.91 Å². The maximum Gasteiger partial charge on any atom is 0.265 e. The molecule has 4 nitrogen and oxygen atoms in total. The van der Waals surface area contributed by atoms with Crippen molar-refractivity contribution in [3.8, 4) is 11.8 Å². The van der Waals surface area contributed by atoms with Gasteiger partial charge in [0.2, 0.25) is 11.6 Å². The molecule has 1 heterocycles. The van der Waals surface area contributed by atoms with Crippen LogP contribution in [0.5, 0.6) is 5.75 Å². The standard InChI is InChI=1S/C19H16F4N2O2S/c1-9(27-17-15(22)12(20)7-13(21)16(17)23)18(26)25-19-11(8-24)10-5-3-2-4-6-14(10)28-19/h7,9H,2-6H2,1H3,(H,25,26)/t9-/m1/s1. The van der Waals surface area contributed by atoms with E-state index in [1.54, 1.807) is 0 Å². The fourth-order valence-electron chi connectivity index (χ4n) is 3.05. The smallest absolute Gasteiger partial charge is 0.265 e. The average Bonchev–Trinajstić information content (AvgIpc) is 2.82. The number of nitrogens with one attached hydrogen (secondary N) is 1. The molecular weight excluding hydrogens is 396 g/mol. The molecule has 1 aromatic heterocycles. The lowest BCUT2D eigenvalue weighted by atomic mass is 10.1. The highest BCUT2D eigenvalue weighted by Gasteiger charge is 2.27. The predicted octanol–water partition coefficient (Wildman–Crippen LogP) is 4.85. The van der Waals surface area contributed by atoms with Crippen molar-refractivity contribution in [1.82, 2.24) is 0 Å². The van der Waals surface area contributed by atoms with Gasteiger partial charge >= 0.3 is 0 Å². The number of halogens is 4. The third-order valence-corrected chi connectivity index (χ3v) is 5.71. The highest BCUT2D eigenvalue weighted by Crippen LogP contribution is 2.37. The molecule has 0 bridgehead atoms. The highest BCUT2D eigenvalue weighted by atomic mass is 32.1. The number of ether oxygens (including phenoxy) is 1. The van der Waals surface area contributed by atoms with Crippen LogP contribution < -0.4 is 10.1 Å². The molecule has 0 fully saturated rings. The van der Waals surface area contributed by atoms with Crippen molar-refractivity contribution < 1.29 is 27.1 Å². The van der Waals surface area contributed by atoms with Crippen LogP contribution >= 0.6 is 11.3 Å². The third-order valence-electron chi connectivity index (χ3n) is 4.51. The van der Waals surface area contributed by atoms with E-state index >= 15 is 0 Å². The molecule has 0 saturated heterocycles. The Balaban J connectivity index is 1.80. The van der Waals surface area contributed by atoms with Crippen molar-refractivity contribution in [3.63, 3.8) is 0 Å². The topological polar surface area (TPSA) is 62.1 Å². The minimum atomic E-state index is -1.72. The Morgan fingerprint density at radius 2 is 1.82 bits per heavy atom. The lowest BCUT2D eigenvalue weighted by molar-refractivity contribution is -0.122. The van der Waals surface area contributed by atoms with E-state index in [0.717, 1.165) is 42.5 Å². The molecule has 9 heteroatoms. The van der Waals surface area contributed by atoms with Gasteiger partial charge in [0, 0.05) is 10.9 Å². The van der Waals surface area contributed by atoms with E-state index in [4.69, 9.17) is 4.74 Å². The van der Waals surface area contributed by atoms with E-state index in [0.29, 0.717) is 10.6 Å². The van der Waals surface area contributed by atoms with Gasteiger partial charge in [0.15, 0.2) is 23.5 Å². The number of hydrogen-bond donors (Lipinski definition) is 1. The SMILES string of the molecule is C[C@@H](Oc1c(F)c(F)cc(F)c1F)C(=O)Nc1sc2c(c1C#N)CCCCC2. The Kier molecular flexibility index (Phi) is 5.89. The summed E-state index contributed by atoms with van der Waals surface area (Å²) < 4.78 is 58.9. The second-order valence-electron chi connectivity index (χ2n) is 6.43. The molecule has 148 valence electrons. The molecule has 0 aliphatic heterocycles. The summed E-state index contributed by atoms with van der Waals surface area (Å²) in [5.41, 5.74) is 1.29. The summed E-state index contributed by atoms with van der Waals surface area (Å²) in [6.07, 6.45) is 3.12. The Morgan fingerprint density at radius 3 is 2.46 bits per heavy atom. The van der Waals surface area contributed by atoms with Crippen LogP contribution in [0.4, 0.5) is 22.6 Å². The summed E-state index contributed by atoms with van der Waals surface area (Å²) in [5, 5.41) is 12.3. The zero-order valence-electron chi connectivity index (χ0n) is 14.9. The number of thiophene rings is 1. The van der Waals surface area contributed by atoms with Crippen molar-refractivity contribution in [2.45, 2.75) is 45.1 Å². The maximum absolute atomic E-state index is 13.7. The van der Waals surface area contributed by atoms with E-state index in [1.807, 2.05) is 0 Å². The molecule has 0 radical (unpaired) electrons. The Hall–Kier alpha value is -2.60. The van der Waals surface area contributed by atoms with Gasteiger partial charge in [-0.15, -0.1) is 11.3 Å². The average molecular weight is 412 g/mol. The van der Waals surface area contributed by atoms with Gasteiger partial charge in [-0.3, -0.25) is 4.79 Å². The van der Waals surface area contributed by atoms with E-state index in [2.05, 4.69) is 11.4 Å². The first-order valence-electron chi connectivity index (χ1n) is 8.68. The maximum atomic E-state index is 13.7. The fourth-order valence-corrected chi connectivity index (χ4v) is 4.29. The van der Waals surface area contributed by atoms with Crippen molar-refractivity contribution in [2.75, 3.05) is 5.32 Å². The predicted molar refractivity (Wildman–Crippen MR) is 95.3 cm³/mol. The first-order chi connectivity index (χ1) is 13.3. The normalized spacial score (nSPS) is 14.6. The van der Waals surface area contributed by atoms with Gasteiger partial charge < -0.3 is 10.1 Å². The number of carbonyl (C=O) groups excluding carboxylic acids is 1. The molecule has 1 atom stereocenters. The van der Waals surface area contributed by atoms with E-state index in [-0.39, 0.29) is 6.07 Å². The number of hydrogen-bond acceptors (Lipinski definition) is 4. The molecule has 1 aliphatic rings. The highest BCUT2D eigenvalue weighted by molar-refractivity contribution is 7.16. The number of amides is 1. The number of anilines is 1. The molecule has 1 aliphatic carbocycles. The summed E-state index contributed by atoms with van der Waals surface area (Å²) in [5.74, 6) is -8.80. The molecule has 1 amide bonds. The summed E-state index contributed by atoms with van der Waals surface area (Å²) in [4.78, 5) is 13.4. The van der Waals surface area contributed by atoms with Crippen LogP contribution in [-0.2, 0) is 17.6 Å². The van der Waals surface area contributed by atoms with Gasteiger partial charge in [-0.25, -0.2) is 8.78 Å². The van der Waals surface area contributed by atoms with E-state index < -0.39 is 41.0 Å². The molecule has 28 heavy (non-hydrogen) atoms. The van der Waals surface area contributed by atoms with E-state index in [9.17, 15) is 27.6 Å². The van der Waals surface area contributed by atoms with Crippen LogP contribution in [0.2, 0.25) is 0 Å². The minimum absolute atomic E-state index is 0.0558. The number of nitriles is 1. The number of fused-ring (bicyclic) bond motifs is 1. The number of benzene rings is 1. The Labute approximate surface area is 162 Å². The lowest BCUT2D eigenvalue weighted by Crippen LogP contribution is -2.31. The number of carbonyl (C=O) groups is 1. The van der Waals surface area contributed by atoms with Crippen molar-refractivity contribution in [1.29, 1.82) is 5.26 Å². The lowest BCUT2D eigenvalue weighted by Gasteiger charge is -2.15. The molecule has 2 aromatic rings. The summed E-state index contributed by atoms with van der Waals surface area (Å²) in [6, 6.07) is 2.15. The molecule has 3 rings (SSSR count). The van der Waals surface area contributed by atoms with Crippen LogP contribution in [-0.4, -0.2) is 12.0 Å². The molecule has 1 N–H and O–H groups in total. The Morgan fingerprint density at radius 1 is 1.18 bits per heavy atom. The summed E-state index contributed by atoms with van der Waals surface area (Å²) in [6.45, 7) is 1.18. The third kappa shape index (κ3) is 3.83. The minimum Gasteiger partial charge on any atom is -0.475 e. The second-order valence-corrected chi connectivity index (χ2v) is 7.53. The van der Waals surface area contributed by atoms with Gasteiger partial charge in [-0.05, 0) is 38.2 Å². The van der Waals surface area contributed by atoms with Gasteiger partial charge in [-0.1, -0.05) is 6.42 Å². The zero-order chi connectivity index (χ0) is 20.4. The van der Waals surface area contributed by atoms with Crippen molar-refractivity contribution >= 4 is 22.2 Å². The second kappa shape index (κ2) is 8.19. The van der Waals surface area contributed by atoms with Crippen molar-refractivity contribution in [3.05, 3.63) is 45.3 Å². The molecule has 0 spiro atoms. The number of nitrogens with zero attached hydrogens (tertiary/aromatic N) is 1. The van der Waals surface area contributed by atoms with Crippen LogP contribution in [0.25, 0.3) is 0 Å². The quantitative estimate of drug-likeness (QED) is 0.444. The largest absolute Gasteiger partial charge is 0.475 e. The van der Waals surface area contributed by atoms with Gasteiger partial charge in [-0.2, -0.15) is 14.0 Å². The molecule has 0 saturated carbocycles. The first-order valence-corrected chi connectivity index (χ1v) is 9.50. The summed E-state index contributed by atoms with van der Waals surface area (Å²) in [7, 11) is 0. The van der Waals surface area contributed by atoms with Crippen LogP contribution in [0.15, 0.2) is 6.07 Å². The van der Waals surface area contributed by atoms with Gasteiger partial charge in [0.05, 0.1) is 5.56 Å². The van der Waals surface area contributed by atoms with Gasteiger partial charge in [0.1, 0.15) is 11.1 Å². The zero-order valence-corrected chi connectivity index (χ0v) is 15.7. The number of rotatable bonds is 4. The molecule has 0 unspecified atom stereocenters. The van der Waals surface area contributed by atoms with Crippen LogP contribution in [0.3, 0.4) is 0 Å². The fraction of sp³-hybridized carbons (Fsp3) is 0.368. The number of aryl methyl sites for hydroxylation is 1. The van der Waals surface area contributed by atoms with Crippen LogP contribution in [0.1, 0.15) is 42.2 Å². The monoisotopic (exact) mass is 412 g/mol.